The maximum atomic E-state index is 10.4. The van der Waals surface area contributed by atoms with Gasteiger partial charge in [-0.3, -0.25) is 9.98 Å². The van der Waals surface area contributed by atoms with Gasteiger partial charge in [0.25, 0.3) is 0 Å². The first kappa shape index (κ1) is 16.3. The number of benzene rings is 1. The molecule has 0 bridgehead atoms. The molecule has 1 fully saturated rings. The third kappa shape index (κ3) is 2.64. The third-order valence-electron chi connectivity index (χ3n) is 4.87. The molecule has 0 spiro atoms. The number of aromatic hydroxyl groups is 1. The number of nitrogens with zero attached hydrogens (tertiary/aromatic N) is 3. The summed E-state index contributed by atoms with van der Waals surface area (Å²) in [5.74, 6) is 6.91. The summed E-state index contributed by atoms with van der Waals surface area (Å²) in [6, 6.07) is 9.22. The predicted molar refractivity (Wildman–Crippen MR) is 103 cm³/mol. The van der Waals surface area contributed by atoms with Gasteiger partial charge in [-0.1, -0.05) is 12.0 Å². The van der Waals surface area contributed by atoms with E-state index in [2.05, 4.69) is 16.8 Å². The monoisotopic (exact) mass is 344 g/mol. The van der Waals surface area contributed by atoms with Crippen LogP contribution in [0, 0.1) is 17.8 Å². The van der Waals surface area contributed by atoms with Crippen molar-refractivity contribution in [1.82, 2.24) is 4.98 Å². The van der Waals surface area contributed by atoms with Crippen LogP contribution in [0.3, 0.4) is 0 Å². The average molecular weight is 344 g/mol. The number of hydrogen-bond donors (Lipinski definition) is 2. The van der Waals surface area contributed by atoms with Crippen LogP contribution in [-0.2, 0) is 5.66 Å². The van der Waals surface area contributed by atoms with Crippen LogP contribution in [0.5, 0.6) is 5.75 Å². The minimum atomic E-state index is -0.669. The molecule has 1 aromatic carbocycles. The van der Waals surface area contributed by atoms with Crippen molar-refractivity contribution in [2.45, 2.75) is 32.4 Å². The summed E-state index contributed by atoms with van der Waals surface area (Å²) in [4.78, 5) is 13.9. The highest BCUT2D eigenvalue weighted by atomic mass is 16.3. The topological polar surface area (TPSA) is 83.9 Å². The van der Waals surface area contributed by atoms with Gasteiger partial charge in [0, 0.05) is 28.8 Å². The number of hydrogen-bond acceptors (Lipinski definition) is 5. The first-order valence-corrected chi connectivity index (χ1v) is 8.68. The molecule has 2 aromatic rings. The van der Waals surface area contributed by atoms with Gasteiger partial charge in [0.05, 0.1) is 11.4 Å². The molecule has 26 heavy (non-hydrogen) atoms. The Balaban J connectivity index is 1.85. The van der Waals surface area contributed by atoms with Gasteiger partial charge in [0.1, 0.15) is 11.6 Å². The van der Waals surface area contributed by atoms with Crippen LogP contribution in [0.4, 0.5) is 0 Å². The SMILES string of the molecule is CC#Cc1ccnc(-c2cc(C3(C4CC4)N=C(C)C(N)=N3)ccc2O)c1. The fourth-order valence-electron chi connectivity index (χ4n) is 3.41. The fraction of sp³-hybridized carbons (Fsp3) is 0.286. The predicted octanol–water partition coefficient (Wildman–Crippen LogP) is 3.22. The first-order chi connectivity index (χ1) is 12.5. The molecule has 5 heteroatoms. The van der Waals surface area contributed by atoms with E-state index in [1.54, 1.807) is 19.2 Å². The molecule has 1 aliphatic carbocycles. The molecule has 130 valence electrons. The molecule has 5 nitrogen and oxygen atoms in total. The van der Waals surface area contributed by atoms with Crippen LogP contribution in [0.25, 0.3) is 11.3 Å². The van der Waals surface area contributed by atoms with Gasteiger partial charge in [-0.2, -0.15) is 0 Å². The Morgan fingerprint density at radius 1 is 1.19 bits per heavy atom. The van der Waals surface area contributed by atoms with Crippen LogP contribution in [-0.4, -0.2) is 21.6 Å². The smallest absolute Gasteiger partial charge is 0.181 e. The molecule has 2 aliphatic rings. The molecule has 1 saturated carbocycles. The Labute approximate surface area is 152 Å². The zero-order valence-corrected chi connectivity index (χ0v) is 14.8. The number of nitrogens with two attached hydrogens (primary N) is 1. The largest absolute Gasteiger partial charge is 0.507 e. The van der Waals surface area contributed by atoms with Gasteiger partial charge < -0.3 is 10.8 Å². The van der Waals surface area contributed by atoms with Crippen LogP contribution < -0.4 is 5.73 Å². The van der Waals surface area contributed by atoms with Gasteiger partial charge in [0.15, 0.2) is 5.66 Å². The van der Waals surface area contributed by atoms with Crippen molar-refractivity contribution in [3.05, 3.63) is 47.7 Å². The van der Waals surface area contributed by atoms with E-state index in [1.165, 1.54) is 0 Å². The van der Waals surface area contributed by atoms with Gasteiger partial charge >= 0.3 is 0 Å². The molecule has 1 aliphatic heterocycles. The van der Waals surface area contributed by atoms with E-state index in [9.17, 15) is 5.11 Å². The highest BCUT2D eigenvalue weighted by Gasteiger charge is 2.49. The van der Waals surface area contributed by atoms with Crippen LogP contribution in [0.1, 0.15) is 37.8 Å². The number of pyridine rings is 1. The van der Waals surface area contributed by atoms with Gasteiger partial charge in [-0.15, -0.1) is 5.92 Å². The van der Waals surface area contributed by atoms with Gasteiger partial charge in [-0.05, 0) is 51.0 Å². The van der Waals surface area contributed by atoms with Crippen molar-refractivity contribution in [3.63, 3.8) is 0 Å². The lowest BCUT2D eigenvalue weighted by Gasteiger charge is -2.24. The molecule has 0 amide bonds. The third-order valence-corrected chi connectivity index (χ3v) is 4.87. The van der Waals surface area contributed by atoms with Crippen LogP contribution in [0.15, 0.2) is 46.5 Å². The molecule has 1 atom stereocenters. The molecule has 0 saturated heterocycles. The van der Waals surface area contributed by atoms with E-state index in [0.717, 1.165) is 29.7 Å². The molecule has 0 radical (unpaired) electrons. The zero-order valence-electron chi connectivity index (χ0n) is 14.8. The van der Waals surface area contributed by atoms with Crippen LogP contribution >= 0.6 is 0 Å². The summed E-state index contributed by atoms with van der Waals surface area (Å²) in [7, 11) is 0. The number of amidine groups is 1. The second-order valence-electron chi connectivity index (χ2n) is 6.73. The second-order valence-corrected chi connectivity index (χ2v) is 6.73. The Morgan fingerprint density at radius 3 is 2.65 bits per heavy atom. The molecule has 1 aromatic heterocycles. The Morgan fingerprint density at radius 2 is 2.00 bits per heavy atom. The number of rotatable bonds is 3. The molecule has 3 N–H and O–H groups in total. The van der Waals surface area contributed by atoms with E-state index < -0.39 is 5.66 Å². The maximum absolute atomic E-state index is 10.4. The quantitative estimate of drug-likeness (QED) is 0.839. The van der Waals surface area contributed by atoms with E-state index in [0.29, 0.717) is 23.0 Å². The number of phenolic OH excluding ortho intramolecular Hbond substituents is 1. The van der Waals surface area contributed by atoms with Crippen molar-refractivity contribution in [2.75, 3.05) is 0 Å². The van der Waals surface area contributed by atoms with Crippen molar-refractivity contribution in [2.24, 2.45) is 21.6 Å². The Hall–Kier alpha value is -3.13. The zero-order chi connectivity index (χ0) is 18.3. The molecular formula is C21H20N4O. The molecule has 4 rings (SSSR count). The number of aliphatic imine (C=N–C) groups is 2. The van der Waals surface area contributed by atoms with Crippen molar-refractivity contribution in [1.29, 1.82) is 0 Å². The average Bonchev–Trinajstić information content (AvgIpc) is 3.43. The standard InChI is InChI=1S/C21H20N4O/c1-3-4-14-9-10-23-18(11-14)17-12-16(7-8-19(17)26)21(15-5-6-15)24-13(2)20(22)25-21/h7-12,15,26H,5-6H2,1-2H3,(H2,22,25). The van der Waals surface area contributed by atoms with E-state index in [-0.39, 0.29) is 5.75 Å². The molecule has 2 heterocycles. The lowest BCUT2D eigenvalue weighted by atomic mass is 9.92. The summed E-state index contributed by atoms with van der Waals surface area (Å²) < 4.78 is 0. The minimum absolute atomic E-state index is 0.171. The van der Waals surface area contributed by atoms with Gasteiger partial charge in [0.2, 0.25) is 0 Å². The van der Waals surface area contributed by atoms with E-state index >= 15 is 0 Å². The first-order valence-electron chi connectivity index (χ1n) is 8.68. The summed E-state index contributed by atoms with van der Waals surface area (Å²) in [5, 5.41) is 10.4. The van der Waals surface area contributed by atoms with Gasteiger partial charge in [-0.25, -0.2) is 4.99 Å². The number of aromatic nitrogens is 1. The molecular weight excluding hydrogens is 324 g/mol. The summed E-state index contributed by atoms with van der Waals surface area (Å²) in [6.07, 6.45) is 3.85. The highest BCUT2D eigenvalue weighted by molar-refractivity contribution is 6.41. The molecule has 1 unspecified atom stereocenters. The minimum Gasteiger partial charge on any atom is -0.507 e. The number of phenols is 1. The highest BCUT2D eigenvalue weighted by Crippen LogP contribution is 2.52. The normalized spacial score (nSPS) is 21.6. The van der Waals surface area contributed by atoms with Crippen LogP contribution in [0.2, 0.25) is 0 Å². The summed E-state index contributed by atoms with van der Waals surface area (Å²) in [6.45, 7) is 3.68. The summed E-state index contributed by atoms with van der Waals surface area (Å²) in [5.41, 5.74) is 9.24. The summed E-state index contributed by atoms with van der Waals surface area (Å²) >= 11 is 0. The van der Waals surface area contributed by atoms with Crippen molar-refractivity contribution >= 4 is 11.5 Å². The maximum Gasteiger partial charge on any atom is 0.181 e. The lowest BCUT2D eigenvalue weighted by molar-refractivity contribution is 0.415. The fourth-order valence-corrected chi connectivity index (χ4v) is 3.41. The van der Waals surface area contributed by atoms with E-state index in [4.69, 9.17) is 15.7 Å². The second kappa shape index (κ2) is 5.99. The van der Waals surface area contributed by atoms with Crippen molar-refractivity contribution in [3.8, 4) is 28.8 Å². The lowest BCUT2D eigenvalue weighted by Crippen LogP contribution is -2.23. The Kier molecular flexibility index (Phi) is 3.77. The van der Waals surface area contributed by atoms with Crippen molar-refractivity contribution < 1.29 is 5.11 Å². The van der Waals surface area contributed by atoms with E-state index in [1.807, 2.05) is 31.2 Å². The Bertz CT molecular complexity index is 988.